The SMILES string of the molecule is CCCN(Cc1ccc(OC)c(C)c1)C1CCNC1. The molecule has 3 nitrogen and oxygen atoms in total. The van der Waals surface area contributed by atoms with E-state index in [4.69, 9.17) is 4.74 Å². The molecule has 1 aliphatic rings. The number of hydrogen-bond donors (Lipinski definition) is 1. The Morgan fingerprint density at radius 3 is 2.84 bits per heavy atom. The number of nitrogens with one attached hydrogen (secondary N) is 1. The topological polar surface area (TPSA) is 24.5 Å². The molecule has 19 heavy (non-hydrogen) atoms. The third-order valence-corrected chi connectivity index (χ3v) is 3.91. The molecule has 0 radical (unpaired) electrons. The summed E-state index contributed by atoms with van der Waals surface area (Å²) in [6, 6.07) is 7.23. The Bertz CT molecular complexity index is 400. The molecule has 3 heteroatoms. The molecular formula is C16H26N2O. The number of hydrogen-bond acceptors (Lipinski definition) is 3. The molecule has 2 rings (SSSR count). The van der Waals surface area contributed by atoms with Gasteiger partial charge in [0.15, 0.2) is 0 Å². The molecule has 0 saturated carbocycles. The van der Waals surface area contributed by atoms with Gasteiger partial charge >= 0.3 is 0 Å². The van der Waals surface area contributed by atoms with E-state index in [1.807, 2.05) is 0 Å². The monoisotopic (exact) mass is 262 g/mol. The van der Waals surface area contributed by atoms with Crippen LogP contribution in [0.15, 0.2) is 18.2 Å². The van der Waals surface area contributed by atoms with Gasteiger partial charge in [0.25, 0.3) is 0 Å². The van der Waals surface area contributed by atoms with E-state index in [0.717, 1.165) is 25.4 Å². The van der Waals surface area contributed by atoms with Gasteiger partial charge in [-0.05, 0) is 50.0 Å². The second-order valence-corrected chi connectivity index (χ2v) is 5.42. The summed E-state index contributed by atoms with van der Waals surface area (Å²) in [5.74, 6) is 0.980. The van der Waals surface area contributed by atoms with E-state index < -0.39 is 0 Å². The Morgan fingerprint density at radius 2 is 2.26 bits per heavy atom. The highest BCUT2D eigenvalue weighted by molar-refractivity contribution is 5.36. The average Bonchev–Trinajstić information content (AvgIpc) is 2.92. The largest absolute Gasteiger partial charge is 0.496 e. The van der Waals surface area contributed by atoms with Crippen molar-refractivity contribution in [2.75, 3.05) is 26.7 Å². The first kappa shape index (κ1) is 14.4. The van der Waals surface area contributed by atoms with Gasteiger partial charge in [-0.15, -0.1) is 0 Å². The van der Waals surface area contributed by atoms with E-state index in [0.29, 0.717) is 6.04 Å². The fraction of sp³-hybridized carbons (Fsp3) is 0.625. The minimum atomic E-state index is 0.697. The highest BCUT2D eigenvalue weighted by Crippen LogP contribution is 2.21. The highest BCUT2D eigenvalue weighted by Gasteiger charge is 2.21. The van der Waals surface area contributed by atoms with Crippen LogP contribution in [-0.2, 0) is 6.54 Å². The summed E-state index contributed by atoms with van der Waals surface area (Å²) >= 11 is 0. The standard InChI is InChI=1S/C16H26N2O/c1-4-9-18(15-7-8-17-11-15)12-14-5-6-16(19-3)13(2)10-14/h5-6,10,15,17H,4,7-9,11-12H2,1-3H3. The summed E-state index contributed by atoms with van der Waals surface area (Å²) in [4.78, 5) is 2.61. The normalized spacial score (nSPS) is 19.1. The van der Waals surface area contributed by atoms with Crippen LogP contribution in [-0.4, -0.2) is 37.7 Å². The van der Waals surface area contributed by atoms with Crippen molar-refractivity contribution < 1.29 is 4.74 Å². The summed E-state index contributed by atoms with van der Waals surface area (Å²) in [6.45, 7) is 8.89. The Morgan fingerprint density at radius 1 is 1.42 bits per heavy atom. The molecule has 106 valence electrons. The Kier molecular flexibility index (Phi) is 5.23. The van der Waals surface area contributed by atoms with Gasteiger partial charge in [0.05, 0.1) is 7.11 Å². The minimum absolute atomic E-state index is 0.697. The molecule has 0 bridgehead atoms. The lowest BCUT2D eigenvalue weighted by atomic mass is 10.1. The Labute approximate surface area is 116 Å². The van der Waals surface area contributed by atoms with Crippen LogP contribution in [0.25, 0.3) is 0 Å². The summed E-state index contributed by atoms with van der Waals surface area (Å²) in [5, 5.41) is 3.46. The van der Waals surface area contributed by atoms with Gasteiger partial charge < -0.3 is 10.1 Å². The van der Waals surface area contributed by atoms with Crippen LogP contribution in [0.1, 0.15) is 30.9 Å². The van der Waals surface area contributed by atoms with Crippen molar-refractivity contribution in [3.63, 3.8) is 0 Å². The second-order valence-electron chi connectivity index (χ2n) is 5.42. The van der Waals surface area contributed by atoms with Gasteiger partial charge in [0.1, 0.15) is 5.75 Å². The second kappa shape index (κ2) is 6.92. The van der Waals surface area contributed by atoms with Crippen molar-refractivity contribution >= 4 is 0 Å². The molecule has 1 fully saturated rings. The molecule has 0 amide bonds. The van der Waals surface area contributed by atoms with Crippen molar-refractivity contribution in [2.24, 2.45) is 0 Å². The van der Waals surface area contributed by atoms with Crippen molar-refractivity contribution in [3.05, 3.63) is 29.3 Å². The summed E-state index contributed by atoms with van der Waals surface area (Å²) in [5.41, 5.74) is 2.61. The Balaban J connectivity index is 2.05. The molecule has 1 heterocycles. The Hall–Kier alpha value is -1.06. The van der Waals surface area contributed by atoms with E-state index in [1.165, 1.54) is 30.5 Å². The van der Waals surface area contributed by atoms with Gasteiger partial charge in [-0.3, -0.25) is 4.90 Å². The van der Waals surface area contributed by atoms with E-state index in [9.17, 15) is 0 Å². The van der Waals surface area contributed by atoms with Gasteiger partial charge in [0.2, 0.25) is 0 Å². The third kappa shape index (κ3) is 3.71. The maximum atomic E-state index is 5.33. The van der Waals surface area contributed by atoms with Crippen LogP contribution in [0.2, 0.25) is 0 Å². The molecule has 0 aromatic heterocycles. The van der Waals surface area contributed by atoms with Crippen molar-refractivity contribution in [2.45, 2.75) is 39.3 Å². The average molecular weight is 262 g/mol. The van der Waals surface area contributed by atoms with Crippen molar-refractivity contribution in [1.82, 2.24) is 10.2 Å². The number of ether oxygens (including phenoxy) is 1. The molecule has 1 saturated heterocycles. The van der Waals surface area contributed by atoms with E-state index >= 15 is 0 Å². The summed E-state index contributed by atoms with van der Waals surface area (Å²) in [7, 11) is 1.73. The van der Waals surface area contributed by atoms with Crippen LogP contribution in [0.4, 0.5) is 0 Å². The van der Waals surface area contributed by atoms with Gasteiger partial charge in [-0.2, -0.15) is 0 Å². The molecule has 1 N–H and O–H groups in total. The predicted molar refractivity (Wildman–Crippen MR) is 79.7 cm³/mol. The number of aryl methyl sites for hydroxylation is 1. The lowest BCUT2D eigenvalue weighted by Crippen LogP contribution is -2.36. The van der Waals surface area contributed by atoms with Crippen molar-refractivity contribution in [1.29, 1.82) is 0 Å². The smallest absolute Gasteiger partial charge is 0.121 e. The summed E-state index contributed by atoms with van der Waals surface area (Å²) < 4.78 is 5.33. The molecule has 0 spiro atoms. The molecule has 0 aliphatic carbocycles. The van der Waals surface area contributed by atoms with Crippen LogP contribution in [0, 0.1) is 6.92 Å². The lowest BCUT2D eigenvalue weighted by Gasteiger charge is -2.28. The first-order valence-electron chi connectivity index (χ1n) is 7.33. The first-order valence-corrected chi connectivity index (χ1v) is 7.33. The first-order chi connectivity index (χ1) is 9.24. The zero-order valence-electron chi connectivity index (χ0n) is 12.4. The fourth-order valence-electron chi connectivity index (χ4n) is 2.90. The van der Waals surface area contributed by atoms with E-state index in [2.05, 4.69) is 42.3 Å². The zero-order valence-corrected chi connectivity index (χ0v) is 12.4. The van der Waals surface area contributed by atoms with Gasteiger partial charge in [-0.25, -0.2) is 0 Å². The number of methoxy groups -OCH3 is 1. The highest BCUT2D eigenvalue weighted by atomic mass is 16.5. The molecule has 1 unspecified atom stereocenters. The van der Waals surface area contributed by atoms with Crippen LogP contribution in [0.5, 0.6) is 5.75 Å². The molecule has 1 atom stereocenters. The molecule has 1 aromatic carbocycles. The maximum Gasteiger partial charge on any atom is 0.121 e. The van der Waals surface area contributed by atoms with E-state index in [1.54, 1.807) is 7.11 Å². The van der Waals surface area contributed by atoms with E-state index in [-0.39, 0.29) is 0 Å². The lowest BCUT2D eigenvalue weighted by molar-refractivity contribution is 0.199. The van der Waals surface area contributed by atoms with Gasteiger partial charge in [-0.1, -0.05) is 19.1 Å². The molecule has 1 aromatic rings. The number of benzene rings is 1. The predicted octanol–water partition coefficient (Wildman–Crippen LogP) is 2.58. The van der Waals surface area contributed by atoms with Crippen LogP contribution in [0.3, 0.4) is 0 Å². The summed E-state index contributed by atoms with van der Waals surface area (Å²) in [6.07, 6.45) is 2.49. The van der Waals surface area contributed by atoms with Crippen molar-refractivity contribution in [3.8, 4) is 5.75 Å². The molecular weight excluding hydrogens is 236 g/mol. The molecule has 1 aliphatic heterocycles. The maximum absolute atomic E-state index is 5.33. The third-order valence-electron chi connectivity index (χ3n) is 3.91. The minimum Gasteiger partial charge on any atom is -0.496 e. The number of rotatable bonds is 6. The zero-order chi connectivity index (χ0) is 13.7. The number of nitrogens with zero attached hydrogens (tertiary/aromatic N) is 1. The van der Waals surface area contributed by atoms with Crippen LogP contribution < -0.4 is 10.1 Å². The quantitative estimate of drug-likeness (QED) is 0.853. The van der Waals surface area contributed by atoms with Gasteiger partial charge in [0, 0.05) is 19.1 Å². The fourth-order valence-corrected chi connectivity index (χ4v) is 2.90. The van der Waals surface area contributed by atoms with Crippen LogP contribution >= 0.6 is 0 Å².